The number of allylic oxidation sites excluding steroid dienone is 1. The van der Waals surface area contributed by atoms with E-state index in [2.05, 4.69) is 43.8 Å². The summed E-state index contributed by atoms with van der Waals surface area (Å²) in [6.07, 6.45) is 8.49. The molecule has 2 aromatic carbocycles. The summed E-state index contributed by atoms with van der Waals surface area (Å²) in [5.74, 6) is 0.559. The number of benzene rings is 2. The minimum absolute atomic E-state index is 0.0591. The van der Waals surface area contributed by atoms with Crippen LogP contribution in [0.1, 0.15) is 67.6 Å². The SMILES string of the molecule is C=CCOC12Oc3ccc(Oc4ccc(C)c(C)c4)cc3C3C(CCCCO)C(CCCCO)C=C(C(=NOC)CC1N(C)C(=O)OCCCl)C32. The van der Waals surface area contributed by atoms with Gasteiger partial charge in [0.15, 0.2) is 0 Å². The monoisotopic (exact) mass is 724 g/mol. The first kappa shape index (κ1) is 38.7. The van der Waals surface area contributed by atoms with Gasteiger partial charge in [-0.1, -0.05) is 36.2 Å². The van der Waals surface area contributed by atoms with E-state index in [0.717, 1.165) is 48.1 Å². The summed E-state index contributed by atoms with van der Waals surface area (Å²) in [6.45, 7) is 8.56. The van der Waals surface area contributed by atoms with Crippen LogP contribution in [0.4, 0.5) is 4.79 Å². The van der Waals surface area contributed by atoms with Gasteiger partial charge in [0.25, 0.3) is 0 Å². The number of hydrogen-bond acceptors (Lipinski definition) is 9. The number of alkyl halides is 1. The van der Waals surface area contributed by atoms with E-state index in [1.807, 2.05) is 24.3 Å². The first-order valence-electron chi connectivity index (χ1n) is 18.0. The number of oxime groups is 1. The van der Waals surface area contributed by atoms with E-state index in [0.29, 0.717) is 30.1 Å². The molecule has 0 spiro atoms. The number of rotatable bonds is 17. The van der Waals surface area contributed by atoms with Crippen LogP contribution in [0.5, 0.6) is 17.2 Å². The number of nitrogens with zero attached hydrogens (tertiary/aromatic N) is 2. The molecule has 1 fully saturated rings. The second-order valence-corrected chi connectivity index (χ2v) is 14.1. The third-order valence-electron chi connectivity index (χ3n) is 10.6. The van der Waals surface area contributed by atoms with Crippen molar-refractivity contribution < 1.29 is 38.8 Å². The lowest BCUT2D eigenvalue weighted by molar-refractivity contribution is -0.253. The van der Waals surface area contributed by atoms with Crippen molar-refractivity contribution in [2.75, 3.05) is 46.5 Å². The molecule has 1 heterocycles. The van der Waals surface area contributed by atoms with Gasteiger partial charge in [0, 0.05) is 38.2 Å². The van der Waals surface area contributed by atoms with Crippen molar-refractivity contribution in [3.8, 4) is 17.2 Å². The molecule has 11 heteroatoms. The highest BCUT2D eigenvalue weighted by Crippen LogP contribution is 2.62. The lowest BCUT2D eigenvalue weighted by Gasteiger charge is -2.59. The Morgan fingerprint density at radius 2 is 1.80 bits per heavy atom. The fourth-order valence-electron chi connectivity index (χ4n) is 8.17. The van der Waals surface area contributed by atoms with Crippen molar-refractivity contribution in [1.82, 2.24) is 4.90 Å². The number of unbranched alkanes of at least 4 members (excludes halogenated alkanes) is 2. The second kappa shape index (κ2) is 17.8. The van der Waals surface area contributed by atoms with Crippen molar-refractivity contribution >= 4 is 23.4 Å². The molecule has 1 amide bonds. The second-order valence-electron chi connectivity index (χ2n) is 13.7. The maximum Gasteiger partial charge on any atom is 0.410 e. The van der Waals surface area contributed by atoms with E-state index in [1.165, 1.54) is 17.6 Å². The van der Waals surface area contributed by atoms with Crippen LogP contribution in [-0.4, -0.2) is 85.2 Å². The molecule has 1 saturated carbocycles. The van der Waals surface area contributed by atoms with Gasteiger partial charge in [0.1, 0.15) is 37.0 Å². The van der Waals surface area contributed by atoms with Crippen LogP contribution in [0.15, 0.2) is 65.9 Å². The highest BCUT2D eigenvalue weighted by atomic mass is 35.5. The summed E-state index contributed by atoms with van der Waals surface area (Å²) in [6, 6.07) is 11.3. The zero-order chi connectivity index (χ0) is 36.5. The average Bonchev–Trinajstić information content (AvgIpc) is 3.13. The van der Waals surface area contributed by atoms with Gasteiger partial charge >= 0.3 is 6.09 Å². The third-order valence-corrected chi connectivity index (χ3v) is 10.8. The molecule has 0 aromatic heterocycles. The Morgan fingerprint density at radius 1 is 1.08 bits per heavy atom. The van der Waals surface area contributed by atoms with Gasteiger partial charge in [-0.05, 0) is 98.4 Å². The summed E-state index contributed by atoms with van der Waals surface area (Å²) >= 11 is 5.89. The lowest BCUT2D eigenvalue weighted by atomic mass is 9.55. The zero-order valence-electron chi connectivity index (χ0n) is 30.3. The Labute approximate surface area is 307 Å². The molecule has 0 bridgehead atoms. The molecule has 2 N–H and O–H groups in total. The number of carbonyl (C=O) groups excluding carboxylic acids is 1. The molecule has 0 saturated heterocycles. The molecule has 51 heavy (non-hydrogen) atoms. The normalized spacial score (nSPS) is 25.6. The zero-order valence-corrected chi connectivity index (χ0v) is 31.1. The Bertz CT molecular complexity index is 1580. The Kier molecular flexibility index (Phi) is 13.5. The molecule has 2 aliphatic carbocycles. The average molecular weight is 725 g/mol. The maximum absolute atomic E-state index is 13.5. The fraction of sp³-hybridized carbons (Fsp3) is 0.550. The Morgan fingerprint density at radius 3 is 2.49 bits per heavy atom. The number of aryl methyl sites for hydroxylation is 2. The van der Waals surface area contributed by atoms with Gasteiger partial charge in [-0.25, -0.2) is 4.79 Å². The van der Waals surface area contributed by atoms with Crippen molar-refractivity contribution in [2.45, 2.75) is 76.5 Å². The molecule has 278 valence electrons. The number of aliphatic hydroxyl groups is 2. The van der Waals surface area contributed by atoms with Gasteiger partial charge in [-0.2, -0.15) is 0 Å². The molecular weight excluding hydrogens is 672 g/mol. The number of halogens is 1. The van der Waals surface area contributed by atoms with Gasteiger partial charge in [0.2, 0.25) is 5.79 Å². The number of fused-ring (bicyclic) bond motifs is 2. The Hall–Kier alpha value is -3.57. The molecule has 10 nitrogen and oxygen atoms in total. The summed E-state index contributed by atoms with van der Waals surface area (Å²) in [5, 5.41) is 24.1. The minimum atomic E-state index is -1.35. The summed E-state index contributed by atoms with van der Waals surface area (Å²) in [4.78, 5) is 20.5. The molecule has 6 atom stereocenters. The number of hydrogen-bond donors (Lipinski definition) is 2. The van der Waals surface area contributed by atoms with Crippen LogP contribution in [0, 0.1) is 31.6 Å². The third kappa shape index (κ3) is 8.25. The summed E-state index contributed by atoms with van der Waals surface area (Å²) in [7, 11) is 3.21. The number of amides is 1. The predicted octanol–water partition coefficient (Wildman–Crippen LogP) is 7.67. The summed E-state index contributed by atoms with van der Waals surface area (Å²) < 4.78 is 25.9. The van der Waals surface area contributed by atoms with E-state index in [1.54, 1.807) is 13.1 Å². The van der Waals surface area contributed by atoms with Crippen LogP contribution < -0.4 is 9.47 Å². The van der Waals surface area contributed by atoms with Crippen LogP contribution >= 0.6 is 11.6 Å². The first-order valence-corrected chi connectivity index (χ1v) is 18.6. The van der Waals surface area contributed by atoms with Crippen molar-refractivity contribution in [1.29, 1.82) is 0 Å². The van der Waals surface area contributed by atoms with E-state index in [4.69, 9.17) is 35.4 Å². The van der Waals surface area contributed by atoms with Gasteiger partial charge in [0.05, 0.1) is 24.1 Å². The lowest BCUT2D eigenvalue weighted by Crippen LogP contribution is -2.69. The minimum Gasteiger partial charge on any atom is -0.459 e. The topological polar surface area (TPSA) is 119 Å². The number of carbonyl (C=O) groups is 1. The van der Waals surface area contributed by atoms with Crippen LogP contribution in [0.3, 0.4) is 0 Å². The predicted molar refractivity (Wildman–Crippen MR) is 198 cm³/mol. The van der Waals surface area contributed by atoms with E-state index >= 15 is 0 Å². The fourth-order valence-corrected chi connectivity index (χ4v) is 8.25. The van der Waals surface area contributed by atoms with Gasteiger partial charge in [-0.3, -0.25) is 0 Å². The van der Waals surface area contributed by atoms with Crippen LogP contribution in [0.25, 0.3) is 0 Å². The number of ether oxygens (including phenoxy) is 4. The molecule has 0 radical (unpaired) electrons. The standard InChI is InChI=1S/C40H53ClN2O8/c1-6-20-49-40-36(43(4)39(46)48-21-17-41)25-34(42-47-5)32-23-28(11-7-9-18-44)31(12-8-10-19-45)37(38(32)40)33-24-30(15-16-35(33)51-40)50-29-14-13-26(2)27(3)22-29/h6,13-16,22-24,28,31,36-38,44-45H,1,7-12,17-21,25H2,2-5H3. The van der Waals surface area contributed by atoms with Crippen molar-refractivity contribution in [2.24, 2.45) is 22.9 Å². The van der Waals surface area contributed by atoms with Gasteiger partial charge < -0.3 is 38.9 Å². The highest BCUT2D eigenvalue weighted by molar-refractivity contribution is 6.18. The largest absolute Gasteiger partial charge is 0.459 e. The van der Waals surface area contributed by atoms with Crippen molar-refractivity contribution in [3.05, 3.63) is 77.4 Å². The quantitative estimate of drug-likeness (QED) is 0.0739. The molecular formula is C40H53ClN2O8. The van der Waals surface area contributed by atoms with E-state index < -0.39 is 23.8 Å². The molecule has 5 rings (SSSR count). The van der Waals surface area contributed by atoms with Gasteiger partial charge in [-0.15, -0.1) is 18.2 Å². The molecule has 3 aliphatic rings. The number of aliphatic hydroxyl groups excluding tert-OH is 2. The molecule has 6 unspecified atom stereocenters. The molecule has 2 aromatic rings. The highest BCUT2D eigenvalue weighted by Gasteiger charge is 2.65. The van der Waals surface area contributed by atoms with Crippen LogP contribution in [-0.2, 0) is 14.3 Å². The maximum atomic E-state index is 13.5. The van der Waals surface area contributed by atoms with E-state index in [9.17, 15) is 15.0 Å². The number of likely N-dealkylation sites (N-methyl/N-ethyl adjacent to an activating group) is 1. The smallest absolute Gasteiger partial charge is 0.410 e. The first-order chi connectivity index (χ1) is 24.7. The van der Waals surface area contributed by atoms with E-state index in [-0.39, 0.29) is 56.5 Å². The summed E-state index contributed by atoms with van der Waals surface area (Å²) in [5.41, 5.74) is 4.98. The van der Waals surface area contributed by atoms with Crippen LogP contribution in [0.2, 0.25) is 0 Å². The van der Waals surface area contributed by atoms with Crippen molar-refractivity contribution in [3.63, 3.8) is 0 Å². The Balaban J connectivity index is 1.73. The molecule has 1 aliphatic heterocycles.